The Labute approximate surface area is 149 Å². The Morgan fingerprint density at radius 2 is 1.88 bits per heavy atom. The molecule has 0 aliphatic rings. The van der Waals surface area contributed by atoms with Gasteiger partial charge in [-0.05, 0) is 29.8 Å². The third-order valence-corrected chi connectivity index (χ3v) is 4.11. The SMILES string of the molecule is COc1c(C(=O)/C=C/c2ccccc2Cl)c(O)c(OC)c2occc12. The Bertz CT molecular complexity index is 971. The molecule has 2 aromatic carbocycles. The lowest BCUT2D eigenvalue weighted by atomic mass is 10.0. The molecule has 25 heavy (non-hydrogen) atoms. The van der Waals surface area contributed by atoms with E-state index in [0.717, 1.165) is 0 Å². The Balaban J connectivity index is 2.12. The van der Waals surface area contributed by atoms with Crippen molar-refractivity contribution in [3.8, 4) is 17.2 Å². The molecule has 1 N–H and O–H groups in total. The van der Waals surface area contributed by atoms with Crippen LogP contribution in [-0.2, 0) is 0 Å². The second-order valence-corrected chi connectivity index (χ2v) is 5.58. The second kappa shape index (κ2) is 6.91. The van der Waals surface area contributed by atoms with Gasteiger partial charge in [0.2, 0.25) is 5.75 Å². The number of furan rings is 1. The molecule has 0 fully saturated rings. The van der Waals surface area contributed by atoms with Gasteiger partial charge in [-0.15, -0.1) is 0 Å². The highest BCUT2D eigenvalue weighted by Crippen LogP contribution is 2.45. The third-order valence-electron chi connectivity index (χ3n) is 3.77. The minimum absolute atomic E-state index is 0.00319. The maximum Gasteiger partial charge on any atom is 0.205 e. The Hall–Kier alpha value is -2.92. The van der Waals surface area contributed by atoms with Crippen molar-refractivity contribution in [2.45, 2.75) is 0 Å². The zero-order valence-corrected chi connectivity index (χ0v) is 14.3. The summed E-state index contributed by atoms with van der Waals surface area (Å²) in [5.74, 6) is -0.488. The summed E-state index contributed by atoms with van der Waals surface area (Å²) in [5.41, 5.74) is 0.993. The molecule has 0 saturated heterocycles. The highest BCUT2D eigenvalue weighted by atomic mass is 35.5. The van der Waals surface area contributed by atoms with E-state index in [0.29, 0.717) is 21.6 Å². The summed E-state index contributed by atoms with van der Waals surface area (Å²) >= 11 is 6.09. The average Bonchev–Trinajstić information content (AvgIpc) is 3.09. The average molecular weight is 359 g/mol. The lowest BCUT2D eigenvalue weighted by Crippen LogP contribution is -2.02. The number of phenols is 1. The predicted octanol–water partition coefficient (Wildman–Crippen LogP) is 4.71. The van der Waals surface area contributed by atoms with E-state index in [-0.39, 0.29) is 22.8 Å². The van der Waals surface area contributed by atoms with Gasteiger partial charge in [0, 0.05) is 5.02 Å². The van der Waals surface area contributed by atoms with E-state index < -0.39 is 5.78 Å². The van der Waals surface area contributed by atoms with E-state index in [4.69, 9.17) is 25.5 Å². The van der Waals surface area contributed by atoms with Gasteiger partial charge in [0.1, 0.15) is 11.3 Å². The summed E-state index contributed by atoms with van der Waals surface area (Å²) in [5, 5.41) is 11.5. The summed E-state index contributed by atoms with van der Waals surface area (Å²) in [4.78, 5) is 12.7. The maximum absolute atomic E-state index is 12.7. The smallest absolute Gasteiger partial charge is 0.205 e. The lowest BCUT2D eigenvalue weighted by molar-refractivity contribution is 0.104. The summed E-state index contributed by atoms with van der Waals surface area (Å²) in [7, 11) is 2.81. The first-order valence-electron chi connectivity index (χ1n) is 7.39. The van der Waals surface area contributed by atoms with Crippen LogP contribution in [0.3, 0.4) is 0 Å². The van der Waals surface area contributed by atoms with Crippen LogP contribution in [0.5, 0.6) is 17.2 Å². The molecule has 1 heterocycles. The summed E-state index contributed by atoms with van der Waals surface area (Å²) in [6.07, 6.45) is 4.34. The van der Waals surface area contributed by atoms with Crippen molar-refractivity contribution in [1.82, 2.24) is 0 Å². The Morgan fingerprint density at radius 3 is 2.56 bits per heavy atom. The van der Waals surface area contributed by atoms with Gasteiger partial charge in [-0.1, -0.05) is 29.8 Å². The van der Waals surface area contributed by atoms with Crippen LogP contribution in [-0.4, -0.2) is 25.1 Å². The number of aromatic hydroxyl groups is 1. The molecule has 0 atom stereocenters. The van der Waals surface area contributed by atoms with Crippen molar-refractivity contribution < 1.29 is 23.8 Å². The quantitative estimate of drug-likeness (QED) is 0.528. The van der Waals surface area contributed by atoms with Crippen molar-refractivity contribution >= 4 is 34.4 Å². The van der Waals surface area contributed by atoms with Crippen molar-refractivity contribution in [2.75, 3.05) is 14.2 Å². The molecule has 0 spiro atoms. The fourth-order valence-corrected chi connectivity index (χ4v) is 2.81. The van der Waals surface area contributed by atoms with Gasteiger partial charge in [-0.3, -0.25) is 4.79 Å². The maximum atomic E-state index is 12.7. The number of phenolic OH excluding ortho intramolecular Hbond substituents is 1. The highest BCUT2D eigenvalue weighted by molar-refractivity contribution is 6.32. The summed E-state index contributed by atoms with van der Waals surface area (Å²) < 4.78 is 15.9. The summed E-state index contributed by atoms with van der Waals surface area (Å²) in [6.45, 7) is 0. The van der Waals surface area contributed by atoms with Gasteiger partial charge in [-0.2, -0.15) is 0 Å². The number of carbonyl (C=O) groups is 1. The van der Waals surface area contributed by atoms with Crippen LogP contribution in [0, 0.1) is 0 Å². The van der Waals surface area contributed by atoms with Crippen LogP contribution in [0.4, 0.5) is 0 Å². The summed E-state index contributed by atoms with van der Waals surface area (Å²) in [6, 6.07) is 8.76. The molecule has 0 unspecified atom stereocenters. The minimum atomic E-state index is -0.448. The Kier molecular flexibility index (Phi) is 4.67. The fourth-order valence-electron chi connectivity index (χ4n) is 2.62. The van der Waals surface area contributed by atoms with Crippen LogP contribution in [0.2, 0.25) is 5.02 Å². The second-order valence-electron chi connectivity index (χ2n) is 5.17. The number of halogens is 1. The van der Waals surface area contributed by atoms with E-state index in [1.54, 1.807) is 30.3 Å². The molecule has 0 saturated carbocycles. The molecular weight excluding hydrogens is 344 g/mol. The van der Waals surface area contributed by atoms with Gasteiger partial charge in [0.05, 0.1) is 25.9 Å². The molecule has 0 amide bonds. The van der Waals surface area contributed by atoms with Crippen LogP contribution >= 0.6 is 11.6 Å². The molecule has 3 rings (SSSR count). The molecule has 128 valence electrons. The van der Waals surface area contributed by atoms with Gasteiger partial charge >= 0.3 is 0 Å². The molecule has 5 nitrogen and oxygen atoms in total. The molecule has 0 bridgehead atoms. The van der Waals surface area contributed by atoms with Gasteiger partial charge in [-0.25, -0.2) is 0 Å². The molecule has 0 radical (unpaired) electrons. The predicted molar refractivity (Wildman–Crippen MR) is 95.8 cm³/mol. The number of ether oxygens (including phenoxy) is 2. The van der Waals surface area contributed by atoms with Gasteiger partial charge < -0.3 is 19.0 Å². The van der Waals surface area contributed by atoms with E-state index >= 15 is 0 Å². The zero-order chi connectivity index (χ0) is 18.0. The number of benzene rings is 2. The number of methoxy groups -OCH3 is 2. The molecule has 3 aromatic rings. The van der Waals surface area contributed by atoms with Crippen LogP contribution in [0.25, 0.3) is 17.0 Å². The van der Waals surface area contributed by atoms with E-state index in [2.05, 4.69) is 0 Å². The minimum Gasteiger partial charge on any atom is -0.504 e. The fraction of sp³-hybridized carbons (Fsp3) is 0.105. The van der Waals surface area contributed by atoms with Gasteiger partial charge in [0.25, 0.3) is 0 Å². The number of ketones is 1. The van der Waals surface area contributed by atoms with Gasteiger partial charge in [0.15, 0.2) is 17.1 Å². The van der Waals surface area contributed by atoms with E-state index in [1.165, 1.54) is 26.6 Å². The standard InChI is InChI=1S/C19H15ClO5/c1-23-17-12-9-10-25-18(12)19(24-2)16(22)15(17)14(21)8-7-11-5-3-4-6-13(11)20/h3-10,22H,1-2H3/b8-7+. The molecule has 0 aliphatic heterocycles. The van der Waals surface area contributed by atoms with E-state index in [9.17, 15) is 9.90 Å². The normalized spacial score (nSPS) is 11.2. The van der Waals surface area contributed by atoms with Crippen molar-refractivity contribution in [2.24, 2.45) is 0 Å². The largest absolute Gasteiger partial charge is 0.504 e. The first-order valence-corrected chi connectivity index (χ1v) is 7.77. The Morgan fingerprint density at radius 1 is 1.16 bits per heavy atom. The monoisotopic (exact) mass is 358 g/mol. The van der Waals surface area contributed by atoms with E-state index in [1.807, 2.05) is 6.07 Å². The first kappa shape index (κ1) is 16.9. The zero-order valence-electron chi connectivity index (χ0n) is 13.6. The molecule has 1 aromatic heterocycles. The number of hydrogen-bond donors (Lipinski definition) is 1. The number of hydrogen-bond acceptors (Lipinski definition) is 5. The van der Waals surface area contributed by atoms with Crippen LogP contribution in [0.15, 0.2) is 47.1 Å². The highest BCUT2D eigenvalue weighted by Gasteiger charge is 2.26. The first-order chi connectivity index (χ1) is 12.1. The lowest BCUT2D eigenvalue weighted by Gasteiger charge is -2.13. The van der Waals surface area contributed by atoms with Crippen molar-refractivity contribution in [1.29, 1.82) is 0 Å². The number of rotatable bonds is 5. The van der Waals surface area contributed by atoms with Crippen molar-refractivity contribution in [3.05, 3.63) is 58.8 Å². The molecule has 0 aliphatic carbocycles. The number of allylic oxidation sites excluding steroid dienone is 1. The van der Waals surface area contributed by atoms with Crippen LogP contribution in [0.1, 0.15) is 15.9 Å². The van der Waals surface area contributed by atoms with Crippen molar-refractivity contribution in [3.63, 3.8) is 0 Å². The van der Waals surface area contributed by atoms with Crippen LogP contribution < -0.4 is 9.47 Å². The topological polar surface area (TPSA) is 68.9 Å². The molecular formula is C19H15ClO5. The number of fused-ring (bicyclic) bond motifs is 1. The molecule has 6 heteroatoms. The third kappa shape index (κ3) is 2.94. The number of carbonyl (C=O) groups excluding carboxylic acids is 1.